The second kappa shape index (κ2) is 8.96. The molecule has 3 rings (SSSR count). The van der Waals surface area contributed by atoms with Gasteiger partial charge < -0.3 is 14.8 Å². The van der Waals surface area contributed by atoms with E-state index in [1.165, 1.54) is 31.4 Å². The number of benzene rings is 1. The van der Waals surface area contributed by atoms with Crippen LogP contribution in [0.25, 0.3) is 0 Å². The molecule has 1 aromatic carbocycles. The van der Waals surface area contributed by atoms with E-state index in [4.69, 9.17) is 9.47 Å². The second-order valence-electron chi connectivity index (χ2n) is 7.69. The molecule has 0 bridgehead atoms. The van der Waals surface area contributed by atoms with Gasteiger partial charge in [0.1, 0.15) is 5.82 Å². The first-order chi connectivity index (χ1) is 12.6. The molecule has 1 aliphatic heterocycles. The van der Waals surface area contributed by atoms with Crippen LogP contribution in [-0.2, 0) is 14.3 Å². The fourth-order valence-electron chi connectivity index (χ4n) is 4.21. The van der Waals surface area contributed by atoms with Gasteiger partial charge in [0.25, 0.3) is 0 Å². The van der Waals surface area contributed by atoms with E-state index in [2.05, 4.69) is 5.32 Å². The lowest BCUT2D eigenvalue weighted by atomic mass is 9.75. The monoisotopic (exact) mass is 363 g/mol. The molecule has 1 saturated heterocycles. The van der Waals surface area contributed by atoms with Crippen molar-refractivity contribution in [2.45, 2.75) is 63.6 Å². The Morgan fingerprint density at radius 1 is 1.19 bits per heavy atom. The Morgan fingerprint density at radius 2 is 1.85 bits per heavy atom. The van der Waals surface area contributed by atoms with Crippen molar-refractivity contribution in [2.75, 3.05) is 19.8 Å². The van der Waals surface area contributed by atoms with Crippen LogP contribution in [0, 0.1) is 11.7 Å². The molecule has 0 aromatic heterocycles. The van der Waals surface area contributed by atoms with Crippen molar-refractivity contribution in [3.63, 3.8) is 0 Å². The van der Waals surface area contributed by atoms with Crippen molar-refractivity contribution in [2.24, 2.45) is 5.92 Å². The molecule has 1 aromatic rings. The van der Waals surface area contributed by atoms with Crippen molar-refractivity contribution >= 4 is 5.91 Å². The Labute approximate surface area is 155 Å². The van der Waals surface area contributed by atoms with Gasteiger partial charge in [-0.1, -0.05) is 31.4 Å². The normalized spacial score (nSPS) is 21.5. The first-order valence-electron chi connectivity index (χ1n) is 9.86. The third-order valence-corrected chi connectivity index (χ3v) is 5.72. The van der Waals surface area contributed by atoms with Gasteiger partial charge in [-0.25, -0.2) is 4.39 Å². The predicted octanol–water partition coefficient (Wildman–Crippen LogP) is 4.15. The van der Waals surface area contributed by atoms with Gasteiger partial charge in [-0.2, -0.15) is 0 Å². The molecule has 4 nitrogen and oxygen atoms in total. The van der Waals surface area contributed by atoms with Crippen molar-refractivity contribution in [1.82, 2.24) is 5.32 Å². The van der Waals surface area contributed by atoms with Crippen LogP contribution in [0.15, 0.2) is 24.3 Å². The number of nitrogens with one attached hydrogen (secondary N) is 1. The zero-order chi connectivity index (χ0) is 18.4. The van der Waals surface area contributed by atoms with E-state index >= 15 is 0 Å². The van der Waals surface area contributed by atoms with Crippen LogP contribution in [0.4, 0.5) is 4.39 Å². The van der Waals surface area contributed by atoms with Crippen LogP contribution >= 0.6 is 0 Å². The van der Waals surface area contributed by atoms with Crippen LogP contribution < -0.4 is 5.32 Å². The highest BCUT2D eigenvalue weighted by Crippen LogP contribution is 2.38. The second-order valence-corrected chi connectivity index (χ2v) is 7.69. The van der Waals surface area contributed by atoms with Gasteiger partial charge in [0.05, 0.1) is 13.2 Å². The molecule has 2 fully saturated rings. The third kappa shape index (κ3) is 5.27. The SMILES string of the molecule is CC1(CCNC(=O)CC(c2ccc(F)cc2)C2CCCCC2)OCCO1. The Morgan fingerprint density at radius 3 is 2.50 bits per heavy atom. The van der Waals surface area contributed by atoms with E-state index in [9.17, 15) is 9.18 Å². The number of carbonyl (C=O) groups is 1. The standard InChI is InChI=1S/C21H30FNO3/c1-21(25-13-14-26-21)11-12-23-20(24)15-19(16-5-3-2-4-6-16)17-7-9-18(22)10-8-17/h7-10,16,19H,2-6,11-15H2,1H3,(H,23,24). The van der Waals surface area contributed by atoms with Crippen molar-refractivity contribution < 1.29 is 18.7 Å². The predicted molar refractivity (Wildman–Crippen MR) is 98.3 cm³/mol. The summed E-state index contributed by atoms with van der Waals surface area (Å²) in [5, 5.41) is 3.01. The summed E-state index contributed by atoms with van der Waals surface area (Å²) in [6.07, 6.45) is 7.10. The summed E-state index contributed by atoms with van der Waals surface area (Å²) in [5.41, 5.74) is 1.07. The Hall–Kier alpha value is -1.46. The molecular weight excluding hydrogens is 333 g/mol. The number of halogens is 1. The minimum atomic E-state index is -0.576. The summed E-state index contributed by atoms with van der Waals surface area (Å²) in [6, 6.07) is 6.67. The topological polar surface area (TPSA) is 47.6 Å². The molecule has 2 aliphatic rings. The van der Waals surface area contributed by atoms with Crippen molar-refractivity contribution in [3.05, 3.63) is 35.6 Å². The largest absolute Gasteiger partial charge is 0.356 e. The maximum absolute atomic E-state index is 13.3. The minimum Gasteiger partial charge on any atom is -0.356 e. The number of amides is 1. The lowest BCUT2D eigenvalue weighted by Crippen LogP contribution is -2.34. The van der Waals surface area contributed by atoms with E-state index in [1.54, 1.807) is 0 Å². The Bertz CT molecular complexity index is 577. The number of hydrogen-bond acceptors (Lipinski definition) is 3. The third-order valence-electron chi connectivity index (χ3n) is 5.72. The van der Waals surface area contributed by atoms with Gasteiger partial charge in [0.15, 0.2) is 5.79 Å². The van der Waals surface area contributed by atoms with Gasteiger partial charge in [0.2, 0.25) is 5.91 Å². The molecule has 0 radical (unpaired) electrons. The Kier molecular flexibility index (Phi) is 6.65. The van der Waals surface area contributed by atoms with Crippen molar-refractivity contribution in [1.29, 1.82) is 0 Å². The summed E-state index contributed by atoms with van der Waals surface area (Å²) in [4.78, 5) is 12.5. The molecular formula is C21H30FNO3. The molecule has 5 heteroatoms. The van der Waals surface area contributed by atoms with Gasteiger partial charge in [-0.15, -0.1) is 0 Å². The molecule has 1 atom stereocenters. The quantitative estimate of drug-likeness (QED) is 0.792. The maximum Gasteiger partial charge on any atom is 0.220 e. The average Bonchev–Trinajstić information content (AvgIpc) is 3.08. The molecule has 26 heavy (non-hydrogen) atoms. The van der Waals surface area contributed by atoms with Crippen molar-refractivity contribution in [3.8, 4) is 0 Å². The minimum absolute atomic E-state index is 0.0477. The number of hydrogen-bond donors (Lipinski definition) is 1. The summed E-state index contributed by atoms with van der Waals surface area (Å²) >= 11 is 0. The summed E-state index contributed by atoms with van der Waals surface area (Å²) in [6.45, 7) is 3.67. The summed E-state index contributed by atoms with van der Waals surface area (Å²) in [5.74, 6) is -0.103. The average molecular weight is 363 g/mol. The van der Waals surface area contributed by atoms with E-state index < -0.39 is 5.79 Å². The lowest BCUT2D eigenvalue weighted by molar-refractivity contribution is -0.146. The fourth-order valence-corrected chi connectivity index (χ4v) is 4.21. The highest BCUT2D eigenvalue weighted by Gasteiger charge is 2.31. The maximum atomic E-state index is 13.3. The summed E-state index contributed by atoms with van der Waals surface area (Å²) in [7, 11) is 0. The zero-order valence-corrected chi connectivity index (χ0v) is 15.6. The van der Waals surface area contributed by atoms with Crippen LogP contribution in [0.1, 0.15) is 63.4 Å². The number of carbonyl (C=O) groups excluding carboxylic acids is 1. The van der Waals surface area contributed by atoms with Crippen LogP contribution in [-0.4, -0.2) is 31.5 Å². The van der Waals surface area contributed by atoms with E-state index in [0.717, 1.165) is 18.4 Å². The Balaban J connectivity index is 1.57. The van der Waals surface area contributed by atoms with Gasteiger partial charge in [-0.3, -0.25) is 4.79 Å². The van der Waals surface area contributed by atoms with Crippen LogP contribution in [0.3, 0.4) is 0 Å². The first kappa shape index (κ1) is 19.3. The molecule has 1 heterocycles. The zero-order valence-electron chi connectivity index (χ0n) is 15.6. The lowest BCUT2D eigenvalue weighted by Gasteiger charge is -2.30. The highest BCUT2D eigenvalue weighted by atomic mass is 19.1. The molecule has 1 aliphatic carbocycles. The molecule has 1 N–H and O–H groups in total. The number of rotatable bonds is 7. The molecule has 144 valence electrons. The molecule has 1 unspecified atom stereocenters. The van der Waals surface area contributed by atoms with Crippen LogP contribution in [0.5, 0.6) is 0 Å². The fraction of sp³-hybridized carbons (Fsp3) is 0.667. The van der Waals surface area contributed by atoms with E-state index in [1.807, 2.05) is 19.1 Å². The van der Waals surface area contributed by atoms with E-state index in [-0.39, 0.29) is 17.6 Å². The van der Waals surface area contributed by atoms with Crippen LogP contribution in [0.2, 0.25) is 0 Å². The molecule has 1 saturated carbocycles. The molecule has 1 amide bonds. The van der Waals surface area contributed by atoms with Gasteiger partial charge >= 0.3 is 0 Å². The smallest absolute Gasteiger partial charge is 0.220 e. The summed E-state index contributed by atoms with van der Waals surface area (Å²) < 4.78 is 24.4. The highest BCUT2D eigenvalue weighted by molar-refractivity contribution is 5.76. The first-order valence-corrected chi connectivity index (χ1v) is 9.86. The number of ether oxygens (including phenoxy) is 2. The van der Waals surface area contributed by atoms with Gasteiger partial charge in [-0.05, 0) is 49.3 Å². The van der Waals surface area contributed by atoms with Gasteiger partial charge in [0, 0.05) is 19.4 Å². The molecule has 0 spiro atoms. The van der Waals surface area contributed by atoms with E-state index in [0.29, 0.717) is 38.5 Å².